The van der Waals surface area contributed by atoms with Crippen molar-refractivity contribution >= 4 is 57.9 Å². The summed E-state index contributed by atoms with van der Waals surface area (Å²) in [5, 5.41) is 13.2. The van der Waals surface area contributed by atoms with Gasteiger partial charge in [-0.05, 0) is 91.3 Å². The Morgan fingerprint density at radius 1 is 1.20 bits per heavy atom. The average Bonchev–Trinajstić information content (AvgIpc) is 3.66. The predicted molar refractivity (Wildman–Crippen MR) is 186 cm³/mol. The normalized spacial score (nSPS) is 12.9. The lowest BCUT2D eigenvalue weighted by atomic mass is 9.95. The van der Waals surface area contributed by atoms with Crippen molar-refractivity contribution in [3.63, 3.8) is 0 Å². The highest BCUT2D eigenvalue weighted by molar-refractivity contribution is 7.79. The van der Waals surface area contributed by atoms with E-state index in [-0.39, 0.29) is 18.6 Å². The van der Waals surface area contributed by atoms with Gasteiger partial charge >= 0.3 is 11.8 Å². The predicted octanol–water partition coefficient (Wildman–Crippen LogP) is 5.69. The number of halogens is 1. The molecule has 4 rings (SSSR count). The van der Waals surface area contributed by atoms with Gasteiger partial charge in [-0.1, -0.05) is 60.6 Å². The minimum atomic E-state index is -0.724. The molecule has 230 valence electrons. The van der Waals surface area contributed by atoms with Crippen molar-refractivity contribution in [2.45, 2.75) is 38.8 Å². The van der Waals surface area contributed by atoms with E-state index >= 15 is 0 Å². The molecule has 0 spiro atoms. The summed E-state index contributed by atoms with van der Waals surface area (Å²) in [6.45, 7) is 9.59. The summed E-state index contributed by atoms with van der Waals surface area (Å²) in [5.41, 5.74) is 6.44. The number of nitrogens with one attached hydrogen (secondary N) is 3. The Kier molecular flexibility index (Phi) is 13.3. The van der Waals surface area contributed by atoms with E-state index in [9.17, 15) is 9.59 Å². The van der Waals surface area contributed by atoms with E-state index in [0.717, 1.165) is 39.4 Å². The largest absolute Gasteiger partial charge is 0.380 e. The molecule has 1 aliphatic rings. The highest BCUT2D eigenvalue weighted by atomic mass is 35.5. The summed E-state index contributed by atoms with van der Waals surface area (Å²) < 4.78 is 0. The number of carbonyl (C=O) groups is 2. The molecule has 44 heavy (non-hydrogen) atoms. The van der Waals surface area contributed by atoms with Crippen molar-refractivity contribution in [3.8, 4) is 11.8 Å². The molecule has 0 radical (unpaired) electrons. The Morgan fingerprint density at radius 2 is 1.93 bits per heavy atom. The molecule has 3 N–H and O–H groups in total. The topological polar surface area (TPSA) is 86.4 Å². The Hall–Kier alpha value is -3.81. The summed E-state index contributed by atoms with van der Waals surface area (Å²) in [7, 11) is 4.10. The smallest absolute Gasteiger partial charge is 0.310 e. The second-order valence-electron chi connectivity index (χ2n) is 10.3. The average molecular weight is 648 g/mol. The third kappa shape index (κ3) is 10.1. The minimum absolute atomic E-state index is 0.0857. The van der Waals surface area contributed by atoms with Crippen LogP contribution >= 0.6 is 35.2 Å². The molecule has 1 saturated carbocycles. The summed E-state index contributed by atoms with van der Waals surface area (Å²) in [6, 6.07) is 13.8. The van der Waals surface area contributed by atoms with E-state index in [4.69, 9.17) is 23.8 Å². The second kappa shape index (κ2) is 16.9. The molecule has 1 fully saturated rings. The summed E-state index contributed by atoms with van der Waals surface area (Å²) in [6.07, 6.45) is 6.14. The van der Waals surface area contributed by atoms with Crippen LogP contribution in [0.1, 0.15) is 54.0 Å². The number of aromatic nitrogens is 1. The van der Waals surface area contributed by atoms with Crippen LogP contribution < -0.4 is 16.0 Å². The molecule has 1 aromatic heterocycles. The molecular formula is C34H38ClN5O2S2. The molecule has 3 aromatic rings. The standard InChI is InChI=1S/C18H25ClN2.C16H13N3O2S2/c1-6-21(5)12-17(13(2)3)14-9-15(11-16(19)10-14)18(20-4)7-8-18;20-15(18-7-3-6-14-17-8-9-23-14)16(21)19-10-12-4-1-2-5-13(12)11-22/h9-12,20H,2,6-8H2,1,3-5H3;1-2,4-5,8-9,11H,7,10H2,(H,18,20)(H,19,21)/b17-12+;. The van der Waals surface area contributed by atoms with Crippen LogP contribution in [0.4, 0.5) is 0 Å². The fraction of sp³-hybridized carbons (Fsp3) is 0.294. The van der Waals surface area contributed by atoms with E-state index in [1.807, 2.05) is 49.7 Å². The van der Waals surface area contributed by atoms with Crippen LogP contribution in [-0.2, 0) is 21.7 Å². The van der Waals surface area contributed by atoms with Crippen molar-refractivity contribution in [3.05, 3.63) is 105 Å². The van der Waals surface area contributed by atoms with Gasteiger partial charge in [0.2, 0.25) is 0 Å². The Bertz CT molecular complexity index is 1570. The molecule has 0 bridgehead atoms. The number of rotatable bonds is 10. The Labute approximate surface area is 274 Å². The van der Waals surface area contributed by atoms with Crippen molar-refractivity contribution < 1.29 is 9.59 Å². The van der Waals surface area contributed by atoms with Crippen molar-refractivity contribution in [2.24, 2.45) is 0 Å². The lowest BCUT2D eigenvalue weighted by Gasteiger charge is -2.19. The number of benzene rings is 2. The third-order valence-corrected chi connectivity index (χ3v) is 8.25. The molecule has 7 nitrogen and oxygen atoms in total. The number of hydrogen-bond donors (Lipinski definition) is 3. The van der Waals surface area contributed by atoms with E-state index < -0.39 is 11.8 Å². The second-order valence-corrected chi connectivity index (χ2v) is 11.8. The number of allylic oxidation sites excluding steroid dienone is 2. The molecule has 1 heterocycles. The zero-order chi connectivity index (χ0) is 32.1. The first kappa shape index (κ1) is 34.7. The minimum Gasteiger partial charge on any atom is -0.380 e. The first-order valence-electron chi connectivity index (χ1n) is 14.2. The van der Waals surface area contributed by atoms with Crippen LogP contribution in [0.15, 0.2) is 72.4 Å². The van der Waals surface area contributed by atoms with Crippen LogP contribution in [0.5, 0.6) is 0 Å². The van der Waals surface area contributed by atoms with Crippen molar-refractivity contribution in [2.75, 3.05) is 27.2 Å². The number of carbonyl (C=O) groups excluding carboxylic acids is 2. The maximum Gasteiger partial charge on any atom is 0.310 e. The molecule has 0 unspecified atom stereocenters. The van der Waals surface area contributed by atoms with E-state index in [1.54, 1.807) is 6.20 Å². The molecular weight excluding hydrogens is 610 g/mol. The molecule has 10 heteroatoms. The van der Waals surface area contributed by atoms with Gasteiger partial charge in [-0.25, -0.2) is 4.98 Å². The van der Waals surface area contributed by atoms with Gasteiger partial charge < -0.3 is 20.9 Å². The van der Waals surface area contributed by atoms with Gasteiger partial charge in [-0.2, -0.15) is 0 Å². The highest BCUT2D eigenvalue weighted by Gasteiger charge is 2.43. The number of nitrogens with zero attached hydrogens (tertiary/aromatic N) is 2. The van der Waals surface area contributed by atoms with Gasteiger partial charge in [0.25, 0.3) is 0 Å². The Morgan fingerprint density at radius 3 is 2.55 bits per heavy atom. The van der Waals surface area contributed by atoms with Crippen LogP contribution in [0.25, 0.3) is 5.57 Å². The first-order valence-corrected chi connectivity index (χ1v) is 15.9. The van der Waals surface area contributed by atoms with Crippen LogP contribution in [0.2, 0.25) is 5.02 Å². The number of thiazole rings is 1. The SMILES string of the molecule is C=C(C)/C(=C\N(C)CC)c1cc(Cl)cc(C2(NC)CC2)c1.O=C(NCC#Cc1nccs1)C(=O)NCc1ccccc1C=S. The third-order valence-electron chi connectivity index (χ3n) is 7.09. The quantitative estimate of drug-likeness (QED) is 0.113. The van der Waals surface area contributed by atoms with Crippen molar-refractivity contribution in [1.82, 2.24) is 25.8 Å². The maximum absolute atomic E-state index is 11.7. The fourth-order valence-corrected chi connectivity index (χ4v) is 5.22. The van der Waals surface area contributed by atoms with Gasteiger partial charge in [0.15, 0.2) is 5.01 Å². The summed E-state index contributed by atoms with van der Waals surface area (Å²) >= 11 is 12.7. The lowest BCUT2D eigenvalue weighted by molar-refractivity contribution is -0.139. The number of amides is 2. The molecule has 0 aliphatic heterocycles. The van der Waals surface area contributed by atoms with Gasteiger partial charge in [-0.3, -0.25) is 9.59 Å². The molecule has 2 aromatic carbocycles. The molecule has 2 amide bonds. The monoisotopic (exact) mass is 647 g/mol. The number of thiocarbonyl (C=S) groups is 1. The molecule has 0 atom stereocenters. The van der Waals surface area contributed by atoms with Crippen LogP contribution in [0.3, 0.4) is 0 Å². The van der Waals surface area contributed by atoms with Crippen molar-refractivity contribution in [1.29, 1.82) is 0 Å². The van der Waals surface area contributed by atoms with E-state index in [1.165, 1.54) is 35.1 Å². The highest BCUT2D eigenvalue weighted by Crippen LogP contribution is 2.46. The maximum atomic E-state index is 11.7. The summed E-state index contributed by atoms with van der Waals surface area (Å²) in [5.74, 6) is 4.09. The van der Waals surface area contributed by atoms with E-state index in [0.29, 0.717) is 5.01 Å². The van der Waals surface area contributed by atoms with Gasteiger partial charge in [0.1, 0.15) is 0 Å². The Balaban J connectivity index is 0.000000241. The van der Waals surface area contributed by atoms with Gasteiger partial charge in [0.05, 0.1) is 6.54 Å². The first-order chi connectivity index (χ1) is 21.1. The lowest BCUT2D eigenvalue weighted by Crippen LogP contribution is -2.39. The van der Waals surface area contributed by atoms with Gasteiger partial charge in [0, 0.05) is 53.8 Å². The van der Waals surface area contributed by atoms with E-state index in [2.05, 4.69) is 76.6 Å². The van der Waals surface area contributed by atoms with Crippen LogP contribution in [0, 0.1) is 11.8 Å². The van der Waals surface area contributed by atoms with Gasteiger partial charge in [-0.15, -0.1) is 11.3 Å². The van der Waals surface area contributed by atoms with Crippen LogP contribution in [-0.4, -0.2) is 54.3 Å². The zero-order valence-electron chi connectivity index (χ0n) is 25.5. The fourth-order valence-electron chi connectivity index (χ4n) is 4.25. The molecule has 0 saturated heterocycles. The zero-order valence-corrected chi connectivity index (χ0v) is 27.9. The number of hydrogen-bond acceptors (Lipinski definition) is 7. The summed E-state index contributed by atoms with van der Waals surface area (Å²) in [4.78, 5) is 29.5. The molecule has 1 aliphatic carbocycles.